The second kappa shape index (κ2) is 17.6. The van der Waals surface area contributed by atoms with Gasteiger partial charge in [-0.05, 0) is 17.5 Å². The first-order valence-corrected chi connectivity index (χ1v) is 3.99. The van der Waals surface area contributed by atoms with Crippen LogP contribution in [0.2, 0.25) is 0 Å². The van der Waals surface area contributed by atoms with E-state index in [0.29, 0.717) is 0 Å². The molecule has 0 spiro atoms. The Morgan fingerprint density at radius 2 is 1.67 bits per heavy atom. The fourth-order valence-corrected chi connectivity index (χ4v) is 0. The molecule has 0 radical (unpaired) electrons. The van der Waals surface area contributed by atoms with Crippen molar-refractivity contribution in [3.8, 4) is 0 Å². The summed E-state index contributed by atoms with van der Waals surface area (Å²) >= 11 is 4.66. The number of rotatable bonds is 0. The van der Waals surface area contributed by atoms with Crippen molar-refractivity contribution in [2.75, 3.05) is 12.5 Å². The first-order chi connectivity index (χ1) is 2.83. The zero-order valence-corrected chi connectivity index (χ0v) is 6.47. The largest absolute Gasteiger partial charge is 0.169 e. The van der Waals surface area contributed by atoms with Crippen LogP contribution in [0.3, 0.4) is 0 Å². The molecule has 0 nitrogen and oxygen atoms in total. The zero-order chi connectivity index (χ0) is 5.41. The minimum Gasteiger partial charge on any atom is -0.169 e. The van der Waals surface area contributed by atoms with Crippen LogP contribution >= 0.6 is 27.7 Å². The van der Waals surface area contributed by atoms with Crippen molar-refractivity contribution >= 4 is 27.7 Å². The van der Waals surface area contributed by atoms with Crippen molar-refractivity contribution in [3.63, 3.8) is 0 Å². The van der Waals surface area contributed by atoms with E-state index in [1.807, 2.05) is 12.5 Å². The Morgan fingerprint density at radius 1 is 1.67 bits per heavy atom. The molecule has 0 fully saturated rings. The lowest BCUT2D eigenvalue weighted by molar-refractivity contribution is 2.37. The van der Waals surface area contributed by atoms with Crippen LogP contribution in [0, 0.1) is 0 Å². The second-order valence-corrected chi connectivity index (χ2v) is 2.03. The normalized spacial score (nSPS) is 5.17. The van der Waals surface area contributed by atoms with Gasteiger partial charge in [-0.1, -0.05) is 22.5 Å². The maximum absolute atomic E-state index is 3.28. The molecule has 0 atom stereocenters. The topological polar surface area (TPSA) is 0 Å². The third kappa shape index (κ3) is 179. The van der Waals surface area contributed by atoms with Gasteiger partial charge in [0, 0.05) is 0 Å². The van der Waals surface area contributed by atoms with E-state index in [0.717, 1.165) is 0 Å². The smallest absolute Gasteiger partial charge is 0.0187 e. The van der Waals surface area contributed by atoms with Crippen molar-refractivity contribution in [3.05, 3.63) is 11.6 Å². The van der Waals surface area contributed by atoms with Crippen LogP contribution in [0.15, 0.2) is 11.6 Å². The first kappa shape index (κ1) is 9.76. The van der Waals surface area contributed by atoms with Crippen LogP contribution in [0.1, 0.15) is 0 Å². The Labute approximate surface area is 52.1 Å². The fourth-order valence-electron chi connectivity index (χ4n) is 0. The maximum atomic E-state index is 3.28. The molecule has 38 valence electrons. The van der Waals surface area contributed by atoms with E-state index in [4.69, 9.17) is 0 Å². The lowest BCUT2D eigenvalue weighted by atomic mass is 11.3. The monoisotopic (exact) mass is 168 g/mol. The van der Waals surface area contributed by atoms with Crippen molar-refractivity contribution in [1.82, 2.24) is 0 Å². The molecule has 0 rings (SSSR count). The molecule has 0 heterocycles. The summed E-state index contributed by atoms with van der Waals surface area (Å²) in [5.41, 5.74) is 0. The molecule has 0 aromatic carbocycles. The van der Waals surface area contributed by atoms with Gasteiger partial charge >= 0.3 is 0 Å². The third-order valence-electron chi connectivity index (χ3n) is 0. The summed E-state index contributed by atoms with van der Waals surface area (Å²) in [5, 5.41) is 0. The van der Waals surface area contributed by atoms with Crippen molar-refractivity contribution < 1.29 is 0 Å². The van der Waals surface area contributed by atoms with Gasteiger partial charge in [0.1, 0.15) is 0 Å². The van der Waals surface area contributed by atoms with Crippen molar-refractivity contribution in [1.29, 1.82) is 0 Å². The van der Waals surface area contributed by atoms with E-state index in [1.165, 1.54) is 0 Å². The molecule has 0 aromatic heterocycles. The van der Waals surface area contributed by atoms with E-state index in [2.05, 4.69) is 22.5 Å². The molecule has 0 saturated carbocycles. The Hall–Kier alpha value is 0.570. The van der Waals surface area contributed by atoms with Crippen LogP contribution in [-0.4, -0.2) is 12.5 Å². The Kier molecular flexibility index (Phi) is 28.6. The first-order valence-electron chi connectivity index (χ1n) is 1.44. The summed E-state index contributed by atoms with van der Waals surface area (Å²) in [6.07, 6.45) is 4.08. The molecule has 0 aliphatic heterocycles. The van der Waals surface area contributed by atoms with Crippen LogP contribution in [0.25, 0.3) is 0 Å². The van der Waals surface area contributed by atoms with E-state index < -0.39 is 0 Å². The zero-order valence-electron chi connectivity index (χ0n) is 4.07. The van der Waals surface area contributed by atoms with E-state index in [1.54, 1.807) is 16.7 Å². The highest BCUT2D eigenvalue weighted by Gasteiger charge is 1.32. The standard InChI is InChI=1S/C2H3Br.C2H6S/c1-2-3;1-3-2/h2H,1H2;1-2H3. The summed E-state index contributed by atoms with van der Waals surface area (Å²) in [5.74, 6) is 0. The van der Waals surface area contributed by atoms with Gasteiger partial charge in [-0.15, -0.1) is 0 Å². The van der Waals surface area contributed by atoms with Gasteiger partial charge in [-0.2, -0.15) is 11.8 Å². The summed E-state index contributed by atoms with van der Waals surface area (Å²) in [7, 11) is 0. The summed E-state index contributed by atoms with van der Waals surface area (Å²) in [4.78, 5) is 1.56. The predicted octanol–water partition coefficient (Wildman–Crippen LogP) is 2.50. The molecule has 0 unspecified atom stereocenters. The molecule has 0 bridgehead atoms. The lowest BCUT2D eigenvalue weighted by Crippen LogP contribution is -1.25. The quantitative estimate of drug-likeness (QED) is 0.536. The van der Waals surface area contributed by atoms with Gasteiger partial charge in [0.05, 0.1) is 0 Å². The highest BCUT2D eigenvalue weighted by atomic mass is 79.9. The predicted molar refractivity (Wildman–Crippen MR) is 38.6 cm³/mol. The molecule has 0 aliphatic rings. The number of hydrogen-bond donors (Lipinski definition) is 0. The van der Waals surface area contributed by atoms with Gasteiger partial charge in [0.25, 0.3) is 0 Å². The Bertz CT molecular complexity index is 21.5. The van der Waals surface area contributed by atoms with Crippen molar-refractivity contribution in [2.24, 2.45) is 0 Å². The molecular weight excluding hydrogens is 160 g/mol. The van der Waals surface area contributed by atoms with Gasteiger partial charge < -0.3 is 0 Å². The van der Waals surface area contributed by atoms with Crippen LogP contribution < -0.4 is 0 Å². The highest BCUT2D eigenvalue weighted by Crippen LogP contribution is 1.70. The van der Waals surface area contributed by atoms with Crippen LogP contribution in [0.4, 0.5) is 0 Å². The van der Waals surface area contributed by atoms with Crippen molar-refractivity contribution in [2.45, 2.75) is 0 Å². The maximum Gasteiger partial charge on any atom is -0.0187 e. The van der Waals surface area contributed by atoms with E-state index in [9.17, 15) is 0 Å². The molecule has 0 aliphatic carbocycles. The van der Waals surface area contributed by atoms with Crippen LogP contribution in [0.5, 0.6) is 0 Å². The molecule has 6 heavy (non-hydrogen) atoms. The van der Waals surface area contributed by atoms with Gasteiger partial charge in [-0.25, -0.2) is 0 Å². The lowest BCUT2D eigenvalue weighted by Gasteiger charge is -1.51. The summed E-state index contributed by atoms with van der Waals surface area (Å²) < 4.78 is 0. The molecule has 0 aromatic rings. The molecular formula is C4H9BrS. The SMILES string of the molecule is C=CBr.CSC. The second-order valence-electron chi connectivity index (χ2n) is 0.563. The Balaban J connectivity index is 0. The third-order valence-corrected chi connectivity index (χ3v) is 0. The minimum atomic E-state index is 1.56. The van der Waals surface area contributed by atoms with E-state index in [-0.39, 0.29) is 0 Å². The number of hydrogen-bond acceptors (Lipinski definition) is 1. The van der Waals surface area contributed by atoms with E-state index >= 15 is 0 Å². The Morgan fingerprint density at radius 3 is 1.67 bits per heavy atom. The van der Waals surface area contributed by atoms with Gasteiger partial charge in [0.15, 0.2) is 0 Å². The average molecular weight is 169 g/mol. The summed E-state index contributed by atoms with van der Waals surface area (Å²) in [6, 6.07) is 0. The summed E-state index contributed by atoms with van der Waals surface area (Å²) in [6.45, 7) is 3.28. The minimum absolute atomic E-state index is 1.56. The average Bonchev–Trinajstić information content (AvgIpc) is 1.39. The number of halogens is 1. The molecule has 0 saturated heterocycles. The fraction of sp³-hybridized carbons (Fsp3) is 0.500. The molecule has 0 N–H and O–H groups in total. The number of thioether (sulfide) groups is 1. The molecule has 2 heteroatoms. The highest BCUT2D eigenvalue weighted by molar-refractivity contribution is 9.11. The van der Waals surface area contributed by atoms with Gasteiger partial charge in [-0.3, -0.25) is 0 Å². The molecule has 0 amide bonds. The van der Waals surface area contributed by atoms with Crippen LogP contribution in [-0.2, 0) is 0 Å². The van der Waals surface area contributed by atoms with Gasteiger partial charge in [0.2, 0.25) is 0 Å².